The fourth-order valence-electron chi connectivity index (χ4n) is 1.89. The van der Waals surface area contributed by atoms with Crippen LogP contribution in [-0.2, 0) is 4.79 Å². The molecule has 10 heteroatoms. The zero-order chi connectivity index (χ0) is 18.4. The van der Waals surface area contributed by atoms with Crippen molar-refractivity contribution in [2.24, 2.45) is 0 Å². The van der Waals surface area contributed by atoms with Crippen LogP contribution in [-0.4, -0.2) is 59.9 Å². The molecular formula is C15H19N7O3. The molecule has 0 aromatic carbocycles. The van der Waals surface area contributed by atoms with Gasteiger partial charge in [0.05, 0.1) is 5.56 Å². The van der Waals surface area contributed by atoms with Crippen LogP contribution < -0.4 is 20.9 Å². The number of amides is 1. The van der Waals surface area contributed by atoms with Gasteiger partial charge in [0, 0.05) is 21.1 Å². The topological polar surface area (TPSA) is 132 Å². The molecule has 0 saturated carbocycles. The number of pyridine rings is 1. The first kappa shape index (κ1) is 17.9. The molecule has 0 aliphatic carbocycles. The van der Waals surface area contributed by atoms with E-state index in [2.05, 4.69) is 31.1 Å². The summed E-state index contributed by atoms with van der Waals surface area (Å²) in [5, 5.41) is 24.8. The Morgan fingerprint density at radius 3 is 2.40 bits per heavy atom. The van der Waals surface area contributed by atoms with Gasteiger partial charge in [0.2, 0.25) is 0 Å². The van der Waals surface area contributed by atoms with E-state index in [1.54, 1.807) is 36.2 Å². The number of aliphatic carboxylic acids is 1. The molecular weight excluding hydrogens is 326 g/mol. The minimum absolute atomic E-state index is 0.157. The van der Waals surface area contributed by atoms with E-state index >= 15 is 0 Å². The molecule has 0 saturated heterocycles. The van der Waals surface area contributed by atoms with Gasteiger partial charge in [-0.15, -0.1) is 10.2 Å². The summed E-state index contributed by atoms with van der Waals surface area (Å²) >= 11 is 0. The summed E-state index contributed by atoms with van der Waals surface area (Å²) in [5.74, 6) is 0.0478. The maximum absolute atomic E-state index is 12.5. The Balaban J connectivity index is 2.20. The molecule has 1 amide bonds. The number of rotatable bonds is 7. The van der Waals surface area contributed by atoms with Crippen molar-refractivity contribution in [2.75, 3.05) is 48.5 Å². The lowest BCUT2D eigenvalue weighted by atomic mass is 10.2. The van der Waals surface area contributed by atoms with Gasteiger partial charge in [-0.05, 0) is 24.3 Å². The zero-order valence-electron chi connectivity index (χ0n) is 14.1. The molecule has 25 heavy (non-hydrogen) atoms. The van der Waals surface area contributed by atoms with Gasteiger partial charge in [0.15, 0.2) is 11.6 Å². The Hall–Kier alpha value is -3.43. The van der Waals surface area contributed by atoms with E-state index in [9.17, 15) is 9.59 Å². The number of hydrogen-bond acceptors (Lipinski definition) is 8. The number of carboxylic acids is 1. The number of anilines is 4. The van der Waals surface area contributed by atoms with E-state index in [0.717, 1.165) is 0 Å². The first-order chi connectivity index (χ1) is 11.9. The van der Waals surface area contributed by atoms with Crippen molar-refractivity contribution < 1.29 is 14.7 Å². The maximum Gasteiger partial charge on any atom is 0.322 e. The maximum atomic E-state index is 12.5. The van der Waals surface area contributed by atoms with Gasteiger partial charge in [-0.2, -0.15) is 0 Å². The van der Waals surface area contributed by atoms with Gasteiger partial charge >= 0.3 is 5.97 Å². The molecule has 2 aromatic heterocycles. The fraction of sp³-hybridized carbons (Fsp3) is 0.267. The monoisotopic (exact) mass is 345 g/mol. The second-order valence-corrected chi connectivity index (χ2v) is 5.22. The molecule has 0 aliphatic rings. The van der Waals surface area contributed by atoms with Crippen LogP contribution in [0.3, 0.4) is 0 Å². The molecule has 0 bridgehead atoms. The van der Waals surface area contributed by atoms with Crippen molar-refractivity contribution in [3.05, 3.63) is 29.8 Å². The predicted octanol–water partition coefficient (Wildman–Crippen LogP) is 0.728. The molecule has 2 rings (SSSR count). The number of carboxylic acid groups (broad SMARTS) is 1. The Morgan fingerprint density at radius 1 is 1.12 bits per heavy atom. The van der Waals surface area contributed by atoms with E-state index in [1.165, 1.54) is 0 Å². The molecule has 4 N–H and O–H groups in total. The summed E-state index contributed by atoms with van der Waals surface area (Å²) in [5.41, 5.74) is 0.193. The highest BCUT2D eigenvalue weighted by molar-refractivity contribution is 6.07. The van der Waals surface area contributed by atoms with Crippen LogP contribution >= 0.6 is 0 Å². The van der Waals surface area contributed by atoms with E-state index in [4.69, 9.17) is 5.11 Å². The van der Waals surface area contributed by atoms with Gasteiger partial charge in [-0.25, -0.2) is 4.98 Å². The van der Waals surface area contributed by atoms with Gasteiger partial charge < -0.3 is 26.0 Å². The summed E-state index contributed by atoms with van der Waals surface area (Å²) in [6.45, 7) is -0.363. The van der Waals surface area contributed by atoms with E-state index in [-0.39, 0.29) is 23.7 Å². The Labute approximate surface area is 144 Å². The number of nitrogens with zero attached hydrogens (tertiary/aromatic N) is 4. The first-order valence-corrected chi connectivity index (χ1v) is 7.37. The summed E-state index contributed by atoms with van der Waals surface area (Å²) in [6, 6.07) is 6.50. The minimum Gasteiger partial charge on any atom is -0.480 e. The average molecular weight is 345 g/mol. The molecule has 10 nitrogen and oxygen atoms in total. The van der Waals surface area contributed by atoms with Crippen molar-refractivity contribution in [2.45, 2.75) is 0 Å². The van der Waals surface area contributed by atoms with Gasteiger partial charge in [-0.1, -0.05) is 0 Å². The molecule has 0 fully saturated rings. The molecule has 2 heterocycles. The standard InChI is InChI=1S/C15H19N7O3/c1-16-10-5-4-9(14(18-10)17-8-13(23)24)15(25)19-11-6-7-12(21-20-11)22(2)3/h4-7H,8H2,1-3H3,(H,23,24)(H2,16,17,18)(H,19,20,25). The zero-order valence-corrected chi connectivity index (χ0v) is 14.1. The van der Waals surface area contributed by atoms with Crippen molar-refractivity contribution >= 4 is 35.1 Å². The van der Waals surface area contributed by atoms with Crippen LogP contribution in [0.4, 0.5) is 23.3 Å². The lowest BCUT2D eigenvalue weighted by molar-refractivity contribution is -0.134. The van der Waals surface area contributed by atoms with Crippen LogP contribution in [0.25, 0.3) is 0 Å². The van der Waals surface area contributed by atoms with Gasteiger partial charge in [0.1, 0.15) is 18.2 Å². The summed E-state index contributed by atoms with van der Waals surface area (Å²) in [6.07, 6.45) is 0. The summed E-state index contributed by atoms with van der Waals surface area (Å²) < 4.78 is 0. The number of carbonyl (C=O) groups is 2. The van der Waals surface area contributed by atoms with Gasteiger partial charge in [0.25, 0.3) is 5.91 Å². The third kappa shape index (κ3) is 4.77. The van der Waals surface area contributed by atoms with Crippen molar-refractivity contribution in [1.29, 1.82) is 0 Å². The number of aromatic nitrogens is 3. The van der Waals surface area contributed by atoms with E-state index < -0.39 is 11.9 Å². The molecule has 132 valence electrons. The van der Waals surface area contributed by atoms with Crippen LogP contribution in [0, 0.1) is 0 Å². The molecule has 0 unspecified atom stereocenters. The van der Waals surface area contributed by atoms with Gasteiger partial charge in [-0.3, -0.25) is 9.59 Å². The fourth-order valence-corrected chi connectivity index (χ4v) is 1.89. The molecule has 0 spiro atoms. The SMILES string of the molecule is CNc1ccc(C(=O)Nc2ccc(N(C)C)nn2)c(NCC(=O)O)n1. The number of carbonyl (C=O) groups excluding carboxylic acids is 1. The highest BCUT2D eigenvalue weighted by Crippen LogP contribution is 2.18. The Morgan fingerprint density at radius 2 is 1.84 bits per heavy atom. The van der Waals surface area contributed by atoms with E-state index in [1.807, 2.05) is 14.1 Å². The molecule has 2 aromatic rings. The third-order valence-corrected chi connectivity index (χ3v) is 3.15. The van der Waals surface area contributed by atoms with Crippen LogP contribution in [0.1, 0.15) is 10.4 Å². The van der Waals surface area contributed by atoms with Crippen molar-refractivity contribution in [3.8, 4) is 0 Å². The minimum atomic E-state index is -1.06. The Bertz CT molecular complexity index is 762. The average Bonchev–Trinajstić information content (AvgIpc) is 2.60. The quantitative estimate of drug-likeness (QED) is 0.573. The lowest BCUT2D eigenvalue weighted by Gasteiger charge is -2.12. The second-order valence-electron chi connectivity index (χ2n) is 5.22. The summed E-state index contributed by atoms with van der Waals surface area (Å²) in [7, 11) is 5.33. The molecule has 0 aliphatic heterocycles. The first-order valence-electron chi connectivity index (χ1n) is 7.37. The lowest BCUT2D eigenvalue weighted by Crippen LogP contribution is -2.20. The normalized spacial score (nSPS) is 10.0. The number of hydrogen-bond donors (Lipinski definition) is 4. The van der Waals surface area contributed by atoms with E-state index in [0.29, 0.717) is 11.6 Å². The summed E-state index contributed by atoms with van der Waals surface area (Å²) in [4.78, 5) is 29.2. The third-order valence-electron chi connectivity index (χ3n) is 3.15. The van der Waals surface area contributed by atoms with Crippen LogP contribution in [0.2, 0.25) is 0 Å². The highest BCUT2D eigenvalue weighted by Gasteiger charge is 2.15. The second kappa shape index (κ2) is 7.90. The molecule has 0 atom stereocenters. The smallest absolute Gasteiger partial charge is 0.322 e. The Kier molecular flexibility index (Phi) is 5.66. The highest BCUT2D eigenvalue weighted by atomic mass is 16.4. The predicted molar refractivity (Wildman–Crippen MR) is 94.2 cm³/mol. The van der Waals surface area contributed by atoms with Crippen molar-refractivity contribution in [1.82, 2.24) is 15.2 Å². The molecule has 0 radical (unpaired) electrons. The number of nitrogens with one attached hydrogen (secondary N) is 3. The van der Waals surface area contributed by atoms with Crippen LogP contribution in [0.5, 0.6) is 0 Å². The van der Waals surface area contributed by atoms with Crippen LogP contribution in [0.15, 0.2) is 24.3 Å². The van der Waals surface area contributed by atoms with Crippen molar-refractivity contribution in [3.63, 3.8) is 0 Å². The largest absolute Gasteiger partial charge is 0.480 e.